The number of hydrogen-bond acceptors (Lipinski definition) is 4. The van der Waals surface area contributed by atoms with Gasteiger partial charge < -0.3 is 15.2 Å². The third-order valence-corrected chi connectivity index (χ3v) is 2.63. The van der Waals surface area contributed by atoms with Gasteiger partial charge in [-0.25, -0.2) is 4.79 Å². The molecular formula is C15H21NO4. The highest BCUT2D eigenvalue weighted by atomic mass is 16.5. The molecule has 0 spiro atoms. The van der Waals surface area contributed by atoms with Crippen molar-refractivity contribution in [1.82, 2.24) is 0 Å². The fourth-order valence-corrected chi connectivity index (χ4v) is 1.53. The lowest BCUT2D eigenvalue weighted by molar-refractivity contribution is -0.116. The molecule has 1 unspecified atom stereocenters. The molecule has 0 saturated heterocycles. The summed E-state index contributed by atoms with van der Waals surface area (Å²) in [6, 6.07) is 6.54. The summed E-state index contributed by atoms with van der Waals surface area (Å²) >= 11 is 0. The molecule has 1 aromatic rings. The van der Waals surface area contributed by atoms with Gasteiger partial charge in [-0.2, -0.15) is 0 Å². The summed E-state index contributed by atoms with van der Waals surface area (Å²) in [4.78, 5) is 23.1. The van der Waals surface area contributed by atoms with Crippen molar-refractivity contribution in [3.63, 3.8) is 0 Å². The number of amides is 1. The third kappa shape index (κ3) is 5.84. The highest BCUT2D eigenvalue weighted by Crippen LogP contribution is 2.11. The van der Waals surface area contributed by atoms with Crippen LogP contribution < -0.4 is 5.32 Å². The van der Waals surface area contributed by atoms with Crippen molar-refractivity contribution in [3.05, 3.63) is 29.8 Å². The highest BCUT2D eigenvalue weighted by Gasteiger charge is 2.08. The summed E-state index contributed by atoms with van der Waals surface area (Å²) < 4.78 is 5.01. The van der Waals surface area contributed by atoms with Crippen LogP contribution in [0.3, 0.4) is 0 Å². The van der Waals surface area contributed by atoms with Gasteiger partial charge in [0.15, 0.2) is 0 Å². The number of carbonyl (C=O) groups excluding carboxylic acids is 2. The molecule has 20 heavy (non-hydrogen) atoms. The van der Waals surface area contributed by atoms with E-state index in [1.54, 1.807) is 31.2 Å². The topological polar surface area (TPSA) is 75.6 Å². The Labute approximate surface area is 118 Å². The number of benzene rings is 1. The fraction of sp³-hybridized carbons (Fsp3) is 0.467. The molecule has 1 rings (SSSR count). The number of aliphatic hydroxyl groups excluding tert-OH is 1. The molecule has 0 aliphatic rings. The summed E-state index contributed by atoms with van der Waals surface area (Å²) in [5.74, 6) is -0.522. The van der Waals surface area contributed by atoms with Crippen molar-refractivity contribution in [2.24, 2.45) is 0 Å². The van der Waals surface area contributed by atoms with E-state index in [0.29, 0.717) is 24.3 Å². The van der Waals surface area contributed by atoms with E-state index in [1.165, 1.54) is 0 Å². The Kier molecular flexibility index (Phi) is 6.73. The Bertz CT molecular complexity index is 440. The van der Waals surface area contributed by atoms with Gasteiger partial charge >= 0.3 is 5.97 Å². The molecular weight excluding hydrogens is 258 g/mol. The van der Waals surface area contributed by atoms with Crippen LogP contribution in [0.4, 0.5) is 5.69 Å². The van der Waals surface area contributed by atoms with Gasteiger partial charge in [0.25, 0.3) is 0 Å². The van der Waals surface area contributed by atoms with Gasteiger partial charge in [0.2, 0.25) is 5.91 Å². The average Bonchev–Trinajstić information content (AvgIpc) is 2.43. The van der Waals surface area contributed by atoms with Crippen molar-refractivity contribution < 1.29 is 19.4 Å². The largest absolute Gasteiger partial charge is 0.462 e. The zero-order chi connectivity index (χ0) is 15.0. The Morgan fingerprint density at radius 2 is 1.95 bits per heavy atom. The first kappa shape index (κ1) is 16.2. The lowest BCUT2D eigenvalue weighted by atomic mass is 10.2. The van der Waals surface area contributed by atoms with E-state index in [2.05, 4.69) is 5.32 Å². The minimum absolute atomic E-state index is 0.160. The molecule has 0 saturated carbocycles. The molecule has 5 nitrogen and oxygen atoms in total. The first-order chi connectivity index (χ1) is 9.52. The van der Waals surface area contributed by atoms with Gasteiger partial charge in [-0.1, -0.05) is 6.92 Å². The molecule has 1 aromatic carbocycles. The fourth-order valence-electron chi connectivity index (χ4n) is 1.53. The number of esters is 1. The monoisotopic (exact) mass is 279 g/mol. The number of carbonyl (C=O) groups is 2. The van der Waals surface area contributed by atoms with E-state index in [9.17, 15) is 9.59 Å². The molecule has 0 aromatic heterocycles. The first-order valence-corrected chi connectivity index (χ1v) is 6.78. The minimum atomic E-state index is -0.489. The van der Waals surface area contributed by atoms with Crippen molar-refractivity contribution in [3.8, 4) is 0 Å². The normalized spacial score (nSPS) is 11.8. The molecule has 0 fully saturated rings. The number of nitrogens with one attached hydrogen (secondary N) is 1. The van der Waals surface area contributed by atoms with Crippen LogP contribution in [0.1, 0.15) is 43.5 Å². The Morgan fingerprint density at radius 1 is 1.30 bits per heavy atom. The van der Waals surface area contributed by atoms with Crippen LogP contribution in [0, 0.1) is 0 Å². The second-order valence-electron chi connectivity index (χ2n) is 4.65. The van der Waals surface area contributed by atoms with E-state index in [1.807, 2.05) is 6.92 Å². The van der Waals surface area contributed by atoms with Crippen LogP contribution in [-0.2, 0) is 9.53 Å². The van der Waals surface area contributed by atoms with Gasteiger partial charge in [0, 0.05) is 12.1 Å². The molecule has 0 aliphatic heterocycles. The Balaban J connectivity index is 2.50. The SMILES string of the molecule is CCCOC(=O)c1ccc(NC(=O)CCC(C)O)cc1. The van der Waals surface area contributed by atoms with Crippen molar-refractivity contribution >= 4 is 17.6 Å². The van der Waals surface area contributed by atoms with Crippen LogP contribution in [0.15, 0.2) is 24.3 Å². The van der Waals surface area contributed by atoms with E-state index in [-0.39, 0.29) is 18.3 Å². The summed E-state index contributed by atoms with van der Waals surface area (Å²) in [5.41, 5.74) is 1.08. The maximum atomic E-state index is 11.6. The number of anilines is 1. The molecule has 110 valence electrons. The standard InChI is InChI=1S/C15H21NO4/c1-3-10-20-15(19)12-5-7-13(8-6-12)16-14(18)9-4-11(2)17/h5-8,11,17H,3-4,9-10H2,1-2H3,(H,16,18). The number of hydrogen-bond donors (Lipinski definition) is 2. The Hall–Kier alpha value is -1.88. The zero-order valence-corrected chi connectivity index (χ0v) is 11.9. The summed E-state index contributed by atoms with van der Waals surface area (Å²) in [6.07, 6.45) is 0.977. The minimum Gasteiger partial charge on any atom is -0.462 e. The van der Waals surface area contributed by atoms with Crippen molar-refractivity contribution in [1.29, 1.82) is 0 Å². The van der Waals surface area contributed by atoms with Crippen LogP contribution in [0.2, 0.25) is 0 Å². The van der Waals surface area contributed by atoms with Crippen LogP contribution in [0.5, 0.6) is 0 Å². The lowest BCUT2D eigenvalue weighted by Crippen LogP contribution is -2.14. The molecule has 0 radical (unpaired) electrons. The quantitative estimate of drug-likeness (QED) is 0.751. The van der Waals surface area contributed by atoms with Gasteiger partial charge in [-0.15, -0.1) is 0 Å². The summed E-state index contributed by atoms with van der Waals surface area (Å²) in [5, 5.41) is 11.8. The summed E-state index contributed by atoms with van der Waals surface area (Å²) in [6.45, 7) is 3.97. The van der Waals surface area contributed by atoms with E-state index in [4.69, 9.17) is 9.84 Å². The smallest absolute Gasteiger partial charge is 0.338 e. The maximum Gasteiger partial charge on any atom is 0.338 e. The predicted molar refractivity (Wildman–Crippen MR) is 76.6 cm³/mol. The van der Waals surface area contributed by atoms with Gasteiger partial charge in [-0.3, -0.25) is 4.79 Å². The third-order valence-electron chi connectivity index (χ3n) is 2.63. The second kappa shape index (κ2) is 8.32. The van der Waals surface area contributed by atoms with Crippen LogP contribution in [0.25, 0.3) is 0 Å². The molecule has 0 heterocycles. The van der Waals surface area contributed by atoms with Crippen molar-refractivity contribution in [2.75, 3.05) is 11.9 Å². The molecule has 0 aliphatic carbocycles. The molecule has 0 bridgehead atoms. The van der Waals surface area contributed by atoms with Gasteiger partial charge in [0.05, 0.1) is 18.3 Å². The number of rotatable bonds is 7. The second-order valence-corrected chi connectivity index (χ2v) is 4.65. The van der Waals surface area contributed by atoms with Crippen LogP contribution in [-0.4, -0.2) is 29.7 Å². The number of aliphatic hydroxyl groups is 1. The molecule has 2 N–H and O–H groups in total. The predicted octanol–water partition coefficient (Wildman–Crippen LogP) is 2.35. The molecule has 5 heteroatoms. The summed E-state index contributed by atoms with van der Waals surface area (Å²) in [7, 11) is 0. The highest BCUT2D eigenvalue weighted by molar-refractivity contribution is 5.93. The maximum absolute atomic E-state index is 11.6. The Morgan fingerprint density at radius 3 is 2.50 bits per heavy atom. The molecule has 1 amide bonds. The van der Waals surface area contributed by atoms with E-state index >= 15 is 0 Å². The van der Waals surface area contributed by atoms with Crippen LogP contribution >= 0.6 is 0 Å². The first-order valence-electron chi connectivity index (χ1n) is 6.78. The lowest BCUT2D eigenvalue weighted by Gasteiger charge is -2.07. The van der Waals surface area contributed by atoms with E-state index < -0.39 is 6.10 Å². The van der Waals surface area contributed by atoms with E-state index in [0.717, 1.165) is 6.42 Å². The molecule has 1 atom stereocenters. The van der Waals surface area contributed by atoms with Crippen molar-refractivity contribution in [2.45, 2.75) is 39.2 Å². The van der Waals surface area contributed by atoms with Gasteiger partial charge in [-0.05, 0) is 44.0 Å². The van der Waals surface area contributed by atoms with Gasteiger partial charge in [0.1, 0.15) is 0 Å². The average molecular weight is 279 g/mol. The zero-order valence-electron chi connectivity index (χ0n) is 11.9. The number of ether oxygens (including phenoxy) is 1.